The molecule has 0 unspecified atom stereocenters. The first-order valence-corrected chi connectivity index (χ1v) is 14.2. The van der Waals surface area contributed by atoms with Crippen LogP contribution in [0.15, 0.2) is 42.0 Å². The average molecular weight is 551 g/mol. The van der Waals surface area contributed by atoms with Crippen molar-refractivity contribution >= 4 is 17.4 Å². The van der Waals surface area contributed by atoms with Gasteiger partial charge in [-0.2, -0.15) is 0 Å². The van der Waals surface area contributed by atoms with Crippen LogP contribution in [0.1, 0.15) is 63.3 Å². The van der Waals surface area contributed by atoms with E-state index in [4.69, 9.17) is 14.2 Å². The molecule has 2 aromatic carbocycles. The molecule has 0 aromatic heterocycles. The van der Waals surface area contributed by atoms with E-state index in [1.54, 1.807) is 11.0 Å². The summed E-state index contributed by atoms with van der Waals surface area (Å²) in [7, 11) is 3.94. The summed E-state index contributed by atoms with van der Waals surface area (Å²) in [4.78, 5) is 30.5. The molecule has 0 saturated carbocycles. The smallest absolute Gasteiger partial charge is 0.295 e. The average Bonchev–Trinajstić information content (AvgIpc) is 3.39. The molecule has 2 heterocycles. The molecule has 1 fully saturated rings. The van der Waals surface area contributed by atoms with Crippen molar-refractivity contribution in [3.05, 3.63) is 58.7 Å². The number of amides is 1. The molecular formula is C32H42N2O6. The van der Waals surface area contributed by atoms with Gasteiger partial charge >= 0.3 is 0 Å². The number of aliphatic hydroxyl groups excluding tert-OH is 1. The standard InChI is InChI=1S/C32H42N2O6/c1-7-38-27-19-22(9-12-26(27)39-16-13-20(2)3)29-28(31(36)32(37)34(29)15-8-14-33(5)6)30(35)23-10-11-25-24(18-23)17-21(4)40-25/h9-12,18-21,29,35H,7-8,13-17H2,1-6H3/b30-28+/t21-,29-/m1/s1. The molecule has 0 aliphatic carbocycles. The fourth-order valence-corrected chi connectivity index (χ4v) is 5.23. The Hall–Kier alpha value is -3.52. The van der Waals surface area contributed by atoms with Gasteiger partial charge in [0.15, 0.2) is 11.5 Å². The van der Waals surface area contributed by atoms with Gasteiger partial charge in [-0.3, -0.25) is 9.59 Å². The van der Waals surface area contributed by atoms with Crippen molar-refractivity contribution in [1.82, 2.24) is 9.80 Å². The Morgan fingerprint density at radius 1 is 1.12 bits per heavy atom. The van der Waals surface area contributed by atoms with Gasteiger partial charge in [0.2, 0.25) is 0 Å². The number of hydrogen-bond acceptors (Lipinski definition) is 7. The van der Waals surface area contributed by atoms with E-state index < -0.39 is 17.7 Å². The summed E-state index contributed by atoms with van der Waals surface area (Å²) in [5, 5.41) is 11.5. The fourth-order valence-electron chi connectivity index (χ4n) is 5.23. The summed E-state index contributed by atoms with van der Waals surface area (Å²) < 4.78 is 17.8. The Labute approximate surface area is 237 Å². The highest BCUT2D eigenvalue weighted by molar-refractivity contribution is 6.46. The molecule has 8 nitrogen and oxygen atoms in total. The zero-order valence-corrected chi connectivity index (χ0v) is 24.5. The summed E-state index contributed by atoms with van der Waals surface area (Å²) in [6.07, 6.45) is 2.35. The second-order valence-corrected chi connectivity index (χ2v) is 11.3. The van der Waals surface area contributed by atoms with Crippen molar-refractivity contribution in [3.8, 4) is 17.2 Å². The number of benzene rings is 2. The zero-order valence-electron chi connectivity index (χ0n) is 24.5. The minimum absolute atomic E-state index is 0.0490. The van der Waals surface area contributed by atoms with Crippen LogP contribution in [0.2, 0.25) is 0 Å². The minimum Gasteiger partial charge on any atom is -0.507 e. The van der Waals surface area contributed by atoms with Gasteiger partial charge in [-0.15, -0.1) is 0 Å². The number of carbonyl (C=O) groups excluding carboxylic acids is 2. The van der Waals surface area contributed by atoms with Crippen molar-refractivity contribution in [1.29, 1.82) is 0 Å². The highest BCUT2D eigenvalue weighted by Gasteiger charge is 2.46. The molecule has 1 saturated heterocycles. The van der Waals surface area contributed by atoms with Gasteiger partial charge in [-0.25, -0.2) is 0 Å². The van der Waals surface area contributed by atoms with Gasteiger partial charge in [0.25, 0.3) is 11.7 Å². The lowest BCUT2D eigenvalue weighted by atomic mass is 9.94. The van der Waals surface area contributed by atoms with E-state index in [2.05, 4.69) is 13.8 Å². The van der Waals surface area contributed by atoms with E-state index in [0.29, 0.717) is 54.7 Å². The van der Waals surface area contributed by atoms with Crippen molar-refractivity contribution in [2.75, 3.05) is 40.4 Å². The predicted molar refractivity (Wildman–Crippen MR) is 155 cm³/mol. The van der Waals surface area contributed by atoms with E-state index >= 15 is 0 Å². The lowest BCUT2D eigenvalue weighted by molar-refractivity contribution is -0.139. The van der Waals surface area contributed by atoms with Crippen molar-refractivity contribution < 1.29 is 28.9 Å². The Kier molecular flexibility index (Phi) is 9.40. The Balaban J connectivity index is 1.77. The molecule has 216 valence electrons. The first-order chi connectivity index (χ1) is 19.1. The minimum atomic E-state index is -0.755. The maximum atomic E-state index is 13.5. The monoisotopic (exact) mass is 550 g/mol. The Morgan fingerprint density at radius 3 is 2.60 bits per heavy atom. The summed E-state index contributed by atoms with van der Waals surface area (Å²) in [6, 6.07) is 10.2. The third-order valence-electron chi connectivity index (χ3n) is 7.25. The number of rotatable bonds is 12. The maximum absolute atomic E-state index is 13.5. The molecule has 0 spiro atoms. The number of aliphatic hydroxyl groups is 1. The summed E-state index contributed by atoms with van der Waals surface area (Å²) in [5.41, 5.74) is 2.22. The number of nitrogens with zero attached hydrogens (tertiary/aromatic N) is 2. The van der Waals surface area contributed by atoms with Crippen LogP contribution in [-0.2, 0) is 16.0 Å². The van der Waals surface area contributed by atoms with E-state index in [0.717, 1.165) is 30.7 Å². The largest absolute Gasteiger partial charge is 0.507 e. The van der Waals surface area contributed by atoms with Crippen LogP contribution >= 0.6 is 0 Å². The van der Waals surface area contributed by atoms with Gasteiger partial charge in [-0.1, -0.05) is 19.9 Å². The van der Waals surface area contributed by atoms with Crippen molar-refractivity contribution in [3.63, 3.8) is 0 Å². The second kappa shape index (κ2) is 12.8. The Bertz CT molecular complexity index is 1270. The molecule has 2 aliphatic heterocycles. The van der Waals surface area contributed by atoms with Crippen LogP contribution < -0.4 is 14.2 Å². The summed E-state index contributed by atoms with van der Waals surface area (Å²) >= 11 is 0. The highest BCUT2D eigenvalue weighted by Crippen LogP contribution is 2.43. The van der Waals surface area contributed by atoms with Crippen LogP contribution in [0.25, 0.3) is 5.76 Å². The Morgan fingerprint density at radius 2 is 1.90 bits per heavy atom. The predicted octanol–water partition coefficient (Wildman–Crippen LogP) is 5.21. The first-order valence-electron chi connectivity index (χ1n) is 14.2. The SMILES string of the molecule is CCOc1cc([C@@H]2/C(=C(\O)c3ccc4c(c3)C[C@@H](C)O4)C(=O)C(=O)N2CCCN(C)C)ccc1OCCC(C)C. The molecule has 1 N–H and O–H groups in total. The zero-order chi connectivity index (χ0) is 29.0. The topological polar surface area (TPSA) is 88.5 Å². The van der Waals surface area contributed by atoms with Crippen LogP contribution in [-0.4, -0.2) is 73.1 Å². The molecule has 8 heteroatoms. The van der Waals surface area contributed by atoms with Gasteiger partial charge in [0.1, 0.15) is 17.6 Å². The van der Waals surface area contributed by atoms with E-state index in [1.165, 1.54) is 0 Å². The molecular weight excluding hydrogens is 508 g/mol. The fraction of sp³-hybridized carbons (Fsp3) is 0.500. The number of ether oxygens (including phenoxy) is 3. The third-order valence-corrected chi connectivity index (χ3v) is 7.25. The maximum Gasteiger partial charge on any atom is 0.295 e. The quantitative estimate of drug-likeness (QED) is 0.221. The van der Waals surface area contributed by atoms with Crippen LogP contribution in [0, 0.1) is 5.92 Å². The molecule has 2 aliphatic rings. The number of ketones is 1. The highest BCUT2D eigenvalue weighted by atomic mass is 16.5. The van der Waals surface area contributed by atoms with E-state index in [-0.39, 0.29) is 17.4 Å². The first kappa shape index (κ1) is 29.5. The van der Waals surface area contributed by atoms with Gasteiger partial charge in [0.05, 0.1) is 24.8 Å². The molecule has 0 radical (unpaired) electrons. The van der Waals surface area contributed by atoms with Crippen LogP contribution in [0.3, 0.4) is 0 Å². The van der Waals surface area contributed by atoms with Gasteiger partial charge < -0.3 is 29.1 Å². The van der Waals surface area contributed by atoms with Crippen molar-refractivity contribution in [2.45, 2.75) is 59.1 Å². The second-order valence-electron chi connectivity index (χ2n) is 11.3. The van der Waals surface area contributed by atoms with Gasteiger partial charge in [0, 0.05) is 18.5 Å². The summed E-state index contributed by atoms with van der Waals surface area (Å²) in [5.74, 6) is 0.960. The molecule has 4 rings (SSSR count). The molecule has 40 heavy (non-hydrogen) atoms. The normalized spacial score (nSPS) is 19.9. The van der Waals surface area contributed by atoms with Crippen molar-refractivity contribution in [2.24, 2.45) is 5.92 Å². The number of likely N-dealkylation sites (tertiary alicyclic amines) is 1. The summed E-state index contributed by atoms with van der Waals surface area (Å²) in [6.45, 7) is 10.3. The molecule has 0 bridgehead atoms. The molecule has 1 amide bonds. The third kappa shape index (κ3) is 6.44. The number of hydrogen-bond donors (Lipinski definition) is 1. The van der Waals surface area contributed by atoms with Crippen LogP contribution in [0.4, 0.5) is 0 Å². The number of carbonyl (C=O) groups is 2. The van der Waals surface area contributed by atoms with E-state index in [9.17, 15) is 14.7 Å². The lowest BCUT2D eigenvalue weighted by Crippen LogP contribution is -2.32. The number of fused-ring (bicyclic) bond motifs is 1. The van der Waals surface area contributed by atoms with Gasteiger partial charge in [-0.05, 0) is 94.7 Å². The van der Waals surface area contributed by atoms with E-state index in [1.807, 2.05) is 63.2 Å². The molecule has 2 atom stereocenters. The number of Topliss-reactive ketones (excluding diaryl/α,β-unsaturated/α-hetero) is 1. The molecule has 2 aromatic rings. The van der Waals surface area contributed by atoms with Crippen LogP contribution in [0.5, 0.6) is 17.2 Å². The lowest BCUT2D eigenvalue weighted by Gasteiger charge is -2.26.